The molecule has 1 radical (unpaired) electrons. The fourth-order valence-electron chi connectivity index (χ4n) is 0.818. The molecule has 0 aliphatic carbocycles. The van der Waals surface area contributed by atoms with Gasteiger partial charge in [-0.05, 0) is 19.1 Å². The molecule has 11 heavy (non-hydrogen) atoms. The van der Waals surface area contributed by atoms with E-state index in [1.807, 2.05) is 31.4 Å². The lowest BCUT2D eigenvalue weighted by Crippen LogP contribution is -1.79. The summed E-state index contributed by atoms with van der Waals surface area (Å²) in [6.07, 6.45) is 1.85. The van der Waals surface area contributed by atoms with Gasteiger partial charge in [-0.2, -0.15) is 0 Å². The van der Waals surface area contributed by atoms with Gasteiger partial charge in [0.05, 0.1) is 5.75 Å². The minimum absolute atomic E-state index is 0.420. The highest BCUT2D eigenvalue weighted by molar-refractivity contribution is 7.99. The van der Waals surface area contributed by atoms with E-state index in [0.717, 1.165) is 4.90 Å². The predicted octanol–water partition coefficient (Wildman–Crippen LogP) is 2.20. The predicted molar refractivity (Wildman–Crippen MR) is 47.6 cm³/mol. The van der Waals surface area contributed by atoms with Gasteiger partial charge in [-0.3, -0.25) is 4.79 Å². The van der Waals surface area contributed by atoms with Crippen LogP contribution in [0.1, 0.15) is 5.56 Å². The summed E-state index contributed by atoms with van der Waals surface area (Å²) >= 11 is 1.51. The quantitative estimate of drug-likeness (QED) is 0.639. The second-order valence-corrected chi connectivity index (χ2v) is 3.30. The Morgan fingerprint density at radius 2 is 2.36 bits per heavy atom. The molecule has 1 aromatic rings. The third-order valence-electron chi connectivity index (χ3n) is 1.29. The first kappa shape index (κ1) is 8.34. The topological polar surface area (TPSA) is 17.1 Å². The van der Waals surface area contributed by atoms with Crippen LogP contribution >= 0.6 is 11.8 Å². The maximum absolute atomic E-state index is 9.92. The molecule has 0 spiro atoms. The molecule has 0 aromatic heterocycles. The van der Waals surface area contributed by atoms with Crippen molar-refractivity contribution in [2.75, 3.05) is 5.75 Å². The molecule has 57 valence electrons. The fraction of sp³-hybridized carbons (Fsp3) is 0.222. The van der Waals surface area contributed by atoms with Gasteiger partial charge in [-0.25, -0.2) is 0 Å². The molecule has 0 saturated carbocycles. The number of carbonyl (C=O) groups excluding carboxylic acids is 1. The van der Waals surface area contributed by atoms with Crippen molar-refractivity contribution in [1.29, 1.82) is 0 Å². The monoisotopic (exact) mass is 165 g/mol. The van der Waals surface area contributed by atoms with Crippen molar-refractivity contribution in [1.82, 2.24) is 0 Å². The van der Waals surface area contributed by atoms with Gasteiger partial charge >= 0.3 is 0 Å². The lowest BCUT2D eigenvalue weighted by molar-refractivity contribution is 0.560. The lowest BCUT2D eigenvalue weighted by Gasteiger charge is -1.97. The Bertz CT molecular complexity index is 245. The Hall–Kier alpha value is -0.760. The second-order valence-electron chi connectivity index (χ2n) is 2.25. The molecule has 0 aliphatic heterocycles. The van der Waals surface area contributed by atoms with Crippen LogP contribution in [0.25, 0.3) is 0 Å². The molecule has 0 amide bonds. The molecule has 0 unspecified atom stereocenters. The first-order valence-corrected chi connectivity index (χ1v) is 4.36. The largest absolute Gasteiger partial charge is 0.290 e. The van der Waals surface area contributed by atoms with Gasteiger partial charge in [0.15, 0.2) is 0 Å². The summed E-state index contributed by atoms with van der Waals surface area (Å²) in [4.78, 5) is 11.1. The standard InChI is InChI=1S/C9H9OS/c1-8-3-2-4-9(7-8)11-6-5-10/h2-4,7H,6H2,1H3. The van der Waals surface area contributed by atoms with Gasteiger partial charge in [0.25, 0.3) is 0 Å². The Morgan fingerprint density at radius 3 is 3.00 bits per heavy atom. The molecule has 1 rings (SSSR count). The van der Waals surface area contributed by atoms with Crippen LogP contribution in [0.15, 0.2) is 29.2 Å². The van der Waals surface area contributed by atoms with Crippen molar-refractivity contribution in [3.05, 3.63) is 29.8 Å². The van der Waals surface area contributed by atoms with Crippen molar-refractivity contribution >= 4 is 18.0 Å². The molecule has 0 heterocycles. The number of aryl methyl sites for hydroxylation is 1. The summed E-state index contributed by atoms with van der Waals surface area (Å²) in [5, 5.41) is 0. The summed E-state index contributed by atoms with van der Waals surface area (Å²) < 4.78 is 0. The van der Waals surface area contributed by atoms with Crippen molar-refractivity contribution in [3.8, 4) is 0 Å². The Kier molecular flexibility index (Phi) is 3.17. The van der Waals surface area contributed by atoms with Gasteiger partial charge in [0.1, 0.15) is 0 Å². The zero-order chi connectivity index (χ0) is 8.10. The zero-order valence-corrected chi connectivity index (χ0v) is 7.15. The first-order chi connectivity index (χ1) is 5.33. The Morgan fingerprint density at radius 1 is 1.55 bits per heavy atom. The van der Waals surface area contributed by atoms with Crippen molar-refractivity contribution in [2.24, 2.45) is 0 Å². The molecule has 0 bridgehead atoms. The molecule has 0 aliphatic rings. The molecule has 0 saturated heterocycles. The van der Waals surface area contributed by atoms with Gasteiger partial charge in [0.2, 0.25) is 6.29 Å². The minimum atomic E-state index is 0.420. The average Bonchev–Trinajstić information content (AvgIpc) is 2.01. The third-order valence-corrected chi connectivity index (χ3v) is 2.14. The van der Waals surface area contributed by atoms with Crippen molar-refractivity contribution < 1.29 is 4.79 Å². The molecule has 0 N–H and O–H groups in total. The van der Waals surface area contributed by atoms with Crippen LogP contribution in [0.5, 0.6) is 0 Å². The van der Waals surface area contributed by atoms with E-state index in [2.05, 4.69) is 6.07 Å². The zero-order valence-electron chi connectivity index (χ0n) is 6.33. The van der Waals surface area contributed by atoms with E-state index >= 15 is 0 Å². The van der Waals surface area contributed by atoms with Gasteiger partial charge < -0.3 is 0 Å². The average molecular weight is 165 g/mol. The van der Waals surface area contributed by atoms with E-state index in [4.69, 9.17) is 0 Å². The first-order valence-electron chi connectivity index (χ1n) is 3.37. The van der Waals surface area contributed by atoms with Crippen LogP contribution in [0.2, 0.25) is 0 Å². The highest BCUT2D eigenvalue weighted by Gasteiger charge is 1.92. The SMILES string of the molecule is Cc1cccc(SC[C]=O)c1. The summed E-state index contributed by atoms with van der Waals surface area (Å²) in [6, 6.07) is 8.08. The second kappa shape index (κ2) is 4.19. The molecule has 0 atom stereocenters. The Balaban J connectivity index is 2.63. The van der Waals surface area contributed by atoms with Gasteiger partial charge in [0, 0.05) is 4.90 Å². The van der Waals surface area contributed by atoms with Crippen molar-refractivity contribution in [3.63, 3.8) is 0 Å². The minimum Gasteiger partial charge on any atom is -0.290 e. The normalized spacial score (nSPS) is 9.55. The van der Waals surface area contributed by atoms with Crippen LogP contribution in [0, 0.1) is 6.92 Å². The summed E-state index contributed by atoms with van der Waals surface area (Å²) in [5.74, 6) is 0.420. The Labute approximate surface area is 70.8 Å². The van der Waals surface area contributed by atoms with Gasteiger partial charge in [-0.15, -0.1) is 11.8 Å². The molecule has 2 heteroatoms. The number of benzene rings is 1. The van der Waals surface area contributed by atoms with Crippen LogP contribution < -0.4 is 0 Å². The molecule has 1 aromatic carbocycles. The third kappa shape index (κ3) is 2.76. The number of thioether (sulfide) groups is 1. The summed E-state index contributed by atoms with van der Waals surface area (Å²) in [5.41, 5.74) is 1.22. The highest BCUT2D eigenvalue weighted by atomic mass is 32.2. The van der Waals surface area contributed by atoms with E-state index in [9.17, 15) is 4.79 Å². The summed E-state index contributed by atoms with van der Waals surface area (Å²) in [6.45, 7) is 2.04. The summed E-state index contributed by atoms with van der Waals surface area (Å²) in [7, 11) is 0. The fourth-order valence-corrected chi connectivity index (χ4v) is 1.49. The molecule has 0 fully saturated rings. The number of hydrogen-bond donors (Lipinski definition) is 0. The number of hydrogen-bond acceptors (Lipinski definition) is 2. The maximum Gasteiger partial charge on any atom is 0.209 e. The lowest BCUT2D eigenvalue weighted by atomic mass is 10.2. The van der Waals surface area contributed by atoms with Gasteiger partial charge in [-0.1, -0.05) is 17.7 Å². The van der Waals surface area contributed by atoms with Crippen LogP contribution in [0.3, 0.4) is 0 Å². The van der Waals surface area contributed by atoms with E-state index in [-0.39, 0.29) is 0 Å². The van der Waals surface area contributed by atoms with E-state index in [0.29, 0.717) is 5.75 Å². The molecular formula is C9H9OS. The molecular weight excluding hydrogens is 156 g/mol. The molecule has 1 nitrogen and oxygen atoms in total. The van der Waals surface area contributed by atoms with Crippen LogP contribution in [-0.4, -0.2) is 12.0 Å². The van der Waals surface area contributed by atoms with E-state index in [1.54, 1.807) is 0 Å². The van der Waals surface area contributed by atoms with E-state index < -0.39 is 0 Å². The smallest absolute Gasteiger partial charge is 0.209 e. The van der Waals surface area contributed by atoms with Crippen LogP contribution in [-0.2, 0) is 4.79 Å². The maximum atomic E-state index is 9.92. The highest BCUT2D eigenvalue weighted by Crippen LogP contribution is 2.17. The van der Waals surface area contributed by atoms with Crippen molar-refractivity contribution in [2.45, 2.75) is 11.8 Å². The van der Waals surface area contributed by atoms with Crippen LogP contribution in [0.4, 0.5) is 0 Å². The van der Waals surface area contributed by atoms with E-state index in [1.165, 1.54) is 17.3 Å². The number of rotatable bonds is 3.